The third-order valence-electron chi connectivity index (χ3n) is 2.87. The lowest BCUT2D eigenvalue weighted by Crippen LogP contribution is -1.81. The number of rotatable bonds is 4. The fourth-order valence-electron chi connectivity index (χ4n) is 1.85. The first-order valence-electron chi connectivity index (χ1n) is 6.29. The van der Waals surface area contributed by atoms with Gasteiger partial charge in [0.1, 0.15) is 0 Å². The molecule has 5 heteroatoms. The van der Waals surface area contributed by atoms with Gasteiger partial charge in [0.25, 0.3) is 0 Å². The van der Waals surface area contributed by atoms with Gasteiger partial charge in [-0.1, -0.05) is 63.6 Å². The number of thiazole rings is 1. The Kier molecular flexibility index (Phi) is 5.01. The van der Waals surface area contributed by atoms with Crippen molar-refractivity contribution in [1.29, 1.82) is 0 Å². The van der Waals surface area contributed by atoms with E-state index in [1.807, 2.05) is 30.3 Å². The molecule has 0 atom stereocenters. The molecule has 0 fully saturated rings. The van der Waals surface area contributed by atoms with Crippen molar-refractivity contribution in [2.75, 3.05) is 0 Å². The van der Waals surface area contributed by atoms with E-state index in [1.165, 1.54) is 5.56 Å². The average Bonchev–Trinajstić information content (AvgIpc) is 2.95. The van der Waals surface area contributed by atoms with Crippen molar-refractivity contribution in [1.82, 2.24) is 4.98 Å². The van der Waals surface area contributed by atoms with Gasteiger partial charge in [0.05, 0.1) is 5.69 Å². The van der Waals surface area contributed by atoms with Crippen molar-refractivity contribution in [3.05, 3.63) is 69.0 Å². The molecule has 3 aromatic rings. The molecule has 0 unspecified atom stereocenters. The number of halogens is 2. The van der Waals surface area contributed by atoms with Gasteiger partial charge in [-0.15, -0.1) is 11.3 Å². The number of aromatic nitrogens is 1. The van der Waals surface area contributed by atoms with Crippen LogP contribution in [-0.2, 0) is 5.75 Å². The highest BCUT2D eigenvalue weighted by atomic mass is 79.9. The van der Waals surface area contributed by atoms with Gasteiger partial charge in [-0.05, 0) is 29.8 Å². The Bertz CT molecular complexity index is 740. The first kappa shape index (κ1) is 15.1. The molecular formula is C16H11BrClNS2. The van der Waals surface area contributed by atoms with Gasteiger partial charge in [-0.25, -0.2) is 4.98 Å². The Labute approximate surface area is 145 Å². The van der Waals surface area contributed by atoms with Crippen LogP contribution in [0, 0.1) is 0 Å². The van der Waals surface area contributed by atoms with E-state index in [0.29, 0.717) is 0 Å². The van der Waals surface area contributed by atoms with E-state index in [4.69, 9.17) is 11.6 Å². The highest BCUT2D eigenvalue weighted by molar-refractivity contribution is 9.10. The zero-order chi connectivity index (χ0) is 14.7. The summed E-state index contributed by atoms with van der Waals surface area (Å²) in [5, 5.41) is 2.84. The van der Waals surface area contributed by atoms with Gasteiger partial charge in [-0.2, -0.15) is 0 Å². The molecule has 0 N–H and O–H groups in total. The number of thioether (sulfide) groups is 1. The van der Waals surface area contributed by atoms with E-state index in [2.05, 4.69) is 44.5 Å². The van der Waals surface area contributed by atoms with Crippen LogP contribution in [0.2, 0.25) is 5.02 Å². The summed E-state index contributed by atoms with van der Waals surface area (Å²) in [7, 11) is 0. The van der Waals surface area contributed by atoms with Crippen LogP contribution in [0.1, 0.15) is 5.56 Å². The predicted octanol–water partition coefficient (Wildman–Crippen LogP) is 6.52. The SMILES string of the molecule is Clc1ccc(-c2csc(SCc3cccc(Br)c3)n2)cc1. The maximum atomic E-state index is 5.91. The van der Waals surface area contributed by atoms with E-state index >= 15 is 0 Å². The molecule has 0 saturated carbocycles. The van der Waals surface area contributed by atoms with E-state index < -0.39 is 0 Å². The van der Waals surface area contributed by atoms with E-state index in [-0.39, 0.29) is 0 Å². The Morgan fingerprint density at radius 3 is 2.71 bits per heavy atom. The molecule has 21 heavy (non-hydrogen) atoms. The van der Waals surface area contributed by atoms with E-state index in [0.717, 1.165) is 30.8 Å². The Balaban J connectivity index is 1.69. The Morgan fingerprint density at radius 1 is 1.14 bits per heavy atom. The Hall–Kier alpha value is -0.810. The van der Waals surface area contributed by atoms with Crippen LogP contribution in [0.15, 0.2) is 62.7 Å². The van der Waals surface area contributed by atoms with Crippen LogP contribution in [0.25, 0.3) is 11.3 Å². The second kappa shape index (κ2) is 6.97. The van der Waals surface area contributed by atoms with Gasteiger partial charge in [0.15, 0.2) is 4.34 Å². The van der Waals surface area contributed by atoms with Gasteiger partial charge in [-0.3, -0.25) is 0 Å². The lowest BCUT2D eigenvalue weighted by molar-refractivity contribution is 1.24. The summed E-state index contributed by atoms with van der Waals surface area (Å²) in [6.07, 6.45) is 0. The molecular weight excluding hydrogens is 386 g/mol. The zero-order valence-electron chi connectivity index (χ0n) is 10.9. The molecule has 3 rings (SSSR count). The molecule has 1 nitrogen and oxygen atoms in total. The summed E-state index contributed by atoms with van der Waals surface area (Å²) in [4.78, 5) is 4.67. The summed E-state index contributed by atoms with van der Waals surface area (Å²) in [5.41, 5.74) is 3.40. The highest BCUT2D eigenvalue weighted by Crippen LogP contribution is 2.31. The van der Waals surface area contributed by atoms with Gasteiger partial charge in [0, 0.05) is 26.2 Å². The predicted molar refractivity (Wildman–Crippen MR) is 96.3 cm³/mol. The van der Waals surface area contributed by atoms with Crippen molar-refractivity contribution in [2.45, 2.75) is 10.1 Å². The summed E-state index contributed by atoms with van der Waals surface area (Å²) in [6, 6.07) is 16.2. The quantitative estimate of drug-likeness (QED) is 0.466. The maximum absolute atomic E-state index is 5.91. The molecule has 0 aliphatic heterocycles. The molecule has 0 aliphatic carbocycles. The van der Waals surface area contributed by atoms with Gasteiger partial charge >= 0.3 is 0 Å². The molecule has 1 aromatic heterocycles. The van der Waals surface area contributed by atoms with Gasteiger partial charge < -0.3 is 0 Å². The summed E-state index contributed by atoms with van der Waals surface area (Å²) >= 11 is 12.8. The minimum Gasteiger partial charge on any atom is -0.230 e. The van der Waals surface area contributed by atoms with E-state index in [1.54, 1.807) is 23.1 Å². The van der Waals surface area contributed by atoms with Crippen LogP contribution in [0.4, 0.5) is 0 Å². The summed E-state index contributed by atoms with van der Waals surface area (Å²) < 4.78 is 2.20. The van der Waals surface area contributed by atoms with Crippen molar-refractivity contribution in [3.63, 3.8) is 0 Å². The van der Waals surface area contributed by atoms with Crippen molar-refractivity contribution < 1.29 is 0 Å². The molecule has 0 bridgehead atoms. The monoisotopic (exact) mass is 395 g/mol. The minimum absolute atomic E-state index is 0.748. The van der Waals surface area contributed by atoms with Gasteiger partial charge in [0.2, 0.25) is 0 Å². The lowest BCUT2D eigenvalue weighted by atomic mass is 10.2. The summed E-state index contributed by atoms with van der Waals surface area (Å²) in [6.45, 7) is 0. The number of benzene rings is 2. The first-order chi connectivity index (χ1) is 10.2. The van der Waals surface area contributed by atoms with Crippen LogP contribution in [-0.4, -0.2) is 4.98 Å². The van der Waals surface area contributed by atoms with Crippen LogP contribution in [0.3, 0.4) is 0 Å². The molecule has 0 saturated heterocycles. The molecule has 106 valence electrons. The van der Waals surface area contributed by atoms with Crippen molar-refractivity contribution in [2.24, 2.45) is 0 Å². The molecule has 1 heterocycles. The summed E-state index contributed by atoms with van der Waals surface area (Å²) in [5.74, 6) is 0.924. The highest BCUT2D eigenvalue weighted by Gasteiger charge is 2.05. The minimum atomic E-state index is 0.748. The normalized spacial score (nSPS) is 10.8. The third kappa shape index (κ3) is 4.10. The fraction of sp³-hybridized carbons (Fsp3) is 0.0625. The first-order valence-corrected chi connectivity index (χ1v) is 9.33. The fourth-order valence-corrected chi connectivity index (χ4v) is 4.20. The standard InChI is InChI=1S/C16H11BrClNS2/c17-13-3-1-2-11(8-13)9-20-16-19-15(10-21-16)12-4-6-14(18)7-5-12/h1-8,10H,9H2. The maximum Gasteiger partial charge on any atom is 0.150 e. The largest absolute Gasteiger partial charge is 0.230 e. The second-order valence-electron chi connectivity index (χ2n) is 4.42. The smallest absolute Gasteiger partial charge is 0.150 e. The molecule has 0 aliphatic rings. The average molecular weight is 397 g/mol. The topological polar surface area (TPSA) is 12.9 Å². The number of nitrogens with zero attached hydrogens (tertiary/aromatic N) is 1. The number of hydrogen-bond acceptors (Lipinski definition) is 3. The Morgan fingerprint density at radius 2 is 1.95 bits per heavy atom. The second-order valence-corrected chi connectivity index (χ2v) is 7.86. The van der Waals surface area contributed by atoms with Crippen LogP contribution in [0.5, 0.6) is 0 Å². The van der Waals surface area contributed by atoms with Crippen molar-refractivity contribution >= 4 is 50.6 Å². The van der Waals surface area contributed by atoms with Crippen LogP contribution < -0.4 is 0 Å². The number of hydrogen-bond donors (Lipinski definition) is 0. The molecule has 2 aromatic carbocycles. The van der Waals surface area contributed by atoms with Crippen LogP contribution >= 0.6 is 50.6 Å². The zero-order valence-corrected chi connectivity index (χ0v) is 14.9. The lowest BCUT2D eigenvalue weighted by Gasteiger charge is -2.00. The third-order valence-corrected chi connectivity index (χ3v) is 5.71. The molecule has 0 amide bonds. The van der Waals surface area contributed by atoms with Crippen molar-refractivity contribution in [3.8, 4) is 11.3 Å². The molecule has 0 radical (unpaired) electrons. The van der Waals surface area contributed by atoms with E-state index in [9.17, 15) is 0 Å². The molecule has 0 spiro atoms.